The maximum absolute atomic E-state index is 12.4. The first-order chi connectivity index (χ1) is 10.0. The maximum atomic E-state index is 12.4. The zero-order valence-electron chi connectivity index (χ0n) is 10.1. The van der Waals surface area contributed by atoms with E-state index in [-0.39, 0.29) is 17.2 Å². The Kier molecular flexibility index (Phi) is 5.47. The molecule has 0 radical (unpaired) electrons. The molecule has 2 rings (SSSR count). The summed E-state index contributed by atoms with van der Waals surface area (Å²) in [5, 5.41) is 17.3. The number of hydrogen-bond acceptors (Lipinski definition) is 4. The molecule has 0 bridgehead atoms. The van der Waals surface area contributed by atoms with E-state index in [4.69, 9.17) is 0 Å². The van der Waals surface area contributed by atoms with E-state index in [0.717, 1.165) is 6.07 Å². The highest BCUT2D eigenvalue weighted by molar-refractivity contribution is 14.1. The Morgan fingerprint density at radius 1 is 1.52 bits per heavy atom. The molecule has 0 unspecified atom stereocenters. The number of aromatic nitrogens is 2. The molecule has 1 N–H and O–H groups in total. The SMILES string of the molecule is O=IN([O-])c1cccc(Br)c1C=Nc1cc(C(F)F)[nH]n1. The lowest BCUT2D eigenvalue weighted by Crippen LogP contribution is -2.02. The van der Waals surface area contributed by atoms with Gasteiger partial charge in [-0.05, 0) is 12.1 Å². The number of aliphatic imine (C=N–C) groups is 1. The molecular weight excluding hydrogens is 465 g/mol. The number of rotatable bonds is 5. The summed E-state index contributed by atoms with van der Waals surface area (Å²) in [6.07, 6.45) is -1.36. The van der Waals surface area contributed by atoms with E-state index < -0.39 is 27.9 Å². The van der Waals surface area contributed by atoms with Gasteiger partial charge in [-0.2, -0.15) is 5.10 Å². The van der Waals surface area contributed by atoms with Gasteiger partial charge < -0.3 is 8.48 Å². The largest absolute Gasteiger partial charge is 0.748 e. The van der Waals surface area contributed by atoms with Gasteiger partial charge in [0.2, 0.25) is 0 Å². The fourth-order valence-electron chi connectivity index (χ4n) is 1.48. The number of alkyl halides is 2. The summed E-state index contributed by atoms with van der Waals surface area (Å²) in [5.74, 6) is 0.0567. The monoisotopic (exact) mass is 471 g/mol. The minimum Gasteiger partial charge on any atom is -0.748 e. The number of hydrogen-bond donors (Lipinski definition) is 1. The predicted octanol–water partition coefficient (Wildman–Crippen LogP) is 4.40. The molecule has 0 atom stereocenters. The van der Waals surface area contributed by atoms with Crippen LogP contribution in [0.4, 0.5) is 20.3 Å². The second kappa shape index (κ2) is 7.13. The molecule has 0 aliphatic carbocycles. The highest BCUT2D eigenvalue weighted by Gasteiger charge is 2.11. The summed E-state index contributed by atoms with van der Waals surface area (Å²) in [5.41, 5.74) is 0.232. The Morgan fingerprint density at radius 3 is 2.90 bits per heavy atom. The smallest absolute Gasteiger partial charge is 0.279 e. The van der Waals surface area contributed by atoms with Gasteiger partial charge in [0.25, 0.3) is 27.9 Å². The molecule has 1 heterocycles. The van der Waals surface area contributed by atoms with Crippen molar-refractivity contribution in [2.24, 2.45) is 4.99 Å². The fraction of sp³-hybridized carbons (Fsp3) is 0.0909. The zero-order chi connectivity index (χ0) is 15.4. The Hall–Kier alpha value is -1.27. The van der Waals surface area contributed by atoms with Crippen molar-refractivity contribution in [1.82, 2.24) is 10.2 Å². The number of H-pyrrole nitrogens is 1. The average molecular weight is 472 g/mol. The number of aromatic amines is 1. The van der Waals surface area contributed by atoms with Crippen molar-refractivity contribution in [2.75, 3.05) is 3.28 Å². The highest BCUT2D eigenvalue weighted by atomic mass is 127. The van der Waals surface area contributed by atoms with Gasteiger partial charge in [-0.1, -0.05) is 22.0 Å². The molecule has 1 aromatic heterocycles. The van der Waals surface area contributed by atoms with Crippen molar-refractivity contribution in [3.05, 3.63) is 45.2 Å². The van der Waals surface area contributed by atoms with Crippen molar-refractivity contribution in [3.8, 4) is 0 Å². The lowest BCUT2D eigenvalue weighted by atomic mass is 10.2. The fourth-order valence-corrected chi connectivity index (χ4v) is 2.57. The van der Waals surface area contributed by atoms with Gasteiger partial charge in [-0.3, -0.25) is 5.10 Å². The van der Waals surface area contributed by atoms with Crippen molar-refractivity contribution >= 4 is 55.1 Å². The molecule has 112 valence electrons. The van der Waals surface area contributed by atoms with Crippen molar-refractivity contribution in [3.63, 3.8) is 0 Å². The van der Waals surface area contributed by atoms with E-state index >= 15 is 0 Å². The first kappa shape index (κ1) is 16.1. The van der Waals surface area contributed by atoms with Crippen LogP contribution in [0.3, 0.4) is 0 Å². The third-order valence-corrected chi connectivity index (χ3v) is 4.00. The third kappa shape index (κ3) is 3.89. The first-order valence-corrected chi connectivity index (χ1v) is 8.07. The van der Waals surface area contributed by atoms with Gasteiger partial charge in [0, 0.05) is 28.0 Å². The molecule has 0 saturated heterocycles. The quantitative estimate of drug-likeness (QED) is 0.303. The van der Waals surface area contributed by atoms with Crippen molar-refractivity contribution in [1.29, 1.82) is 0 Å². The molecule has 6 nitrogen and oxygen atoms in total. The Labute approximate surface area is 137 Å². The molecule has 0 saturated carbocycles. The van der Waals surface area contributed by atoms with Crippen LogP contribution in [0.25, 0.3) is 0 Å². The van der Waals surface area contributed by atoms with Crippen LogP contribution in [-0.2, 0) is 3.07 Å². The van der Waals surface area contributed by atoms with Gasteiger partial charge in [0.15, 0.2) is 5.82 Å². The number of halogens is 4. The van der Waals surface area contributed by atoms with Gasteiger partial charge in [-0.25, -0.2) is 16.8 Å². The molecule has 0 amide bonds. The summed E-state index contributed by atoms with van der Waals surface area (Å²) in [7, 11) is 0. The van der Waals surface area contributed by atoms with Crippen LogP contribution in [-0.4, -0.2) is 16.4 Å². The molecule has 0 aliphatic heterocycles. The summed E-state index contributed by atoms with van der Waals surface area (Å²) in [6.45, 7) is 0. The predicted molar refractivity (Wildman–Crippen MR) is 85.5 cm³/mol. The molecule has 2 aromatic rings. The first-order valence-electron chi connectivity index (χ1n) is 5.43. The number of nitrogens with zero attached hydrogens (tertiary/aromatic N) is 3. The standard InChI is InChI=1S/C11H7BrF2IN4O2/c12-7-2-1-3-9(19(21)15-20)6(7)5-16-10-4-8(11(13)14)17-18-10/h1-5,11H,(H,17,18)/q-1. The molecule has 21 heavy (non-hydrogen) atoms. The summed E-state index contributed by atoms with van der Waals surface area (Å²) in [6, 6.07) is 5.89. The van der Waals surface area contributed by atoms with Crippen LogP contribution >= 0.6 is 37.4 Å². The number of nitrogens with one attached hydrogen (secondary N) is 1. The van der Waals surface area contributed by atoms with E-state index in [0.29, 0.717) is 13.3 Å². The number of anilines is 1. The van der Waals surface area contributed by atoms with E-state index in [2.05, 4.69) is 31.1 Å². The van der Waals surface area contributed by atoms with Gasteiger partial charge in [-0.15, -0.1) is 0 Å². The van der Waals surface area contributed by atoms with Crippen LogP contribution in [0.2, 0.25) is 0 Å². The van der Waals surface area contributed by atoms with Crippen LogP contribution < -0.4 is 3.28 Å². The third-order valence-electron chi connectivity index (χ3n) is 2.43. The topological polar surface area (TPSA) is 84.4 Å². The van der Waals surface area contributed by atoms with Gasteiger partial charge >= 0.3 is 0 Å². The second-order valence-electron chi connectivity index (χ2n) is 3.73. The summed E-state index contributed by atoms with van der Waals surface area (Å²) < 4.78 is 36.6. The molecule has 0 spiro atoms. The van der Waals surface area contributed by atoms with Crippen LogP contribution in [0.15, 0.2) is 33.7 Å². The normalized spacial score (nSPS) is 11.5. The second-order valence-corrected chi connectivity index (χ2v) is 5.85. The van der Waals surface area contributed by atoms with Crippen LogP contribution in [0.1, 0.15) is 17.7 Å². The molecular formula is C11H7BrF2IN4O2-. The average Bonchev–Trinajstić information content (AvgIpc) is 2.94. The van der Waals surface area contributed by atoms with Crippen molar-refractivity contribution in [2.45, 2.75) is 6.43 Å². The van der Waals surface area contributed by atoms with E-state index in [1.165, 1.54) is 12.3 Å². The Balaban J connectivity index is 2.33. The minimum atomic E-state index is -2.66. The Bertz CT molecular complexity index is 680. The minimum absolute atomic E-state index is 0.0567. The molecule has 10 heteroatoms. The maximum Gasteiger partial charge on any atom is 0.279 e. The number of benzene rings is 1. The van der Waals surface area contributed by atoms with Crippen LogP contribution in [0.5, 0.6) is 0 Å². The summed E-state index contributed by atoms with van der Waals surface area (Å²) >= 11 is 1.34. The van der Waals surface area contributed by atoms with Crippen LogP contribution in [0, 0.1) is 5.21 Å². The highest BCUT2D eigenvalue weighted by Crippen LogP contribution is 2.30. The van der Waals surface area contributed by atoms with E-state index in [1.54, 1.807) is 12.1 Å². The van der Waals surface area contributed by atoms with Crippen molar-refractivity contribution < 1.29 is 11.8 Å². The van der Waals surface area contributed by atoms with Gasteiger partial charge in [0.05, 0.1) is 0 Å². The van der Waals surface area contributed by atoms with E-state index in [1.807, 2.05) is 0 Å². The molecule has 1 aromatic carbocycles. The Morgan fingerprint density at radius 2 is 2.29 bits per heavy atom. The summed E-state index contributed by atoms with van der Waals surface area (Å²) in [4.78, 5) is 3.93. The zero-order valence-corrected chi connectivity index (χ0v) is 13.9. The lowest BCUT2D eigenvalue weighted by Gasteiger charge is -2.23. The molecule has 0 aliphatic rings. The lowest BCUT2D eigenvalue weighted by molar-refractivity contribution is 0.146. The van der Waals surface area contributed by atoms with E-state index in [9.17, 15) is 17.1 Å². The van der Waals surface area contributed by atoms with Gasteiger partial charge in [0.1, 0.15) is 5.69 Å². The molecule has 0 fully saturated rings.